The van der Waals surface area contributed by atoms with Gasteiger partial charge in [-0.2, -0.15) is 0 Å². The minimum Gasteiger partial charge on any atom is -0.378 e. The minimum absolute atomic E-state index is 0.0117. The third-order valence-electron chi connectivity index (χ3n) is 2.23. The number of hydrogen-bond acceptors (Lipinski definition) is 4. The summed E-state index contributed by atoms with van der Waals surface area (Å²) in [4.78, 5) is 11.3. The van der Waals surface area contributed by atoms with Crippen LogP contribution in [0.2, 0.25) is 0 Å². The predicted octanol–water partition coefficient (Wildman–Crippen LogP) is 0.559. The van der Waals surface area contributed by atoms with Gasteiger partial charge in [0, 0.05) is 25.7 Å². The van der Waals surface area contributed by atoms with Gasteiger partial charge in [-0.1, -0.05) is 0 Å². The molecule has 0 aromatic carbocycles. The zero-order chi connectivity index (χ0) is 10.6. The van der Waals surface area contributed by atoms with Crippen molar-refractivity contribution in [1.29, 1.82) is 0 Å². The molecule has 0 aromatic heterocycles. The first kappa shape index (κ1) is 11.7. The summed E-state index contributed by atoms with van der Waals surface area (Å²) in [5, 5.41) is 0. The van der Waals surface area contributed by atoms with E-state index in [4.69, 9.17) is 4.74 Å². The largest absolute Gasteiger partial charge is 0.378 e. The Morgan fingerprint density at radius 1 is 1.50 bits per heavy atom. The number of hydrogen-bond donors (Lipinski definition) is 0. The van der Waals surface area contributed by atoms with Gasteiger partial charge in [0.1, 0.15) is 15.6 Å². The van der Waals surface area contributed by atoms with Gasteiger partial charge in [0.25, 0.3) is 0 Å². The second-order valence-corrected chi connectivity index (χ2v) is 6.02. The van der Waals surface area contributed by atoms with Crippen LogP contribution in [0.4, 0.5) is 0 Å². The smallest absolute Gasteiger partial charge is 0.147 e. The van der Waals surface area contributed by atoms with Gasteiger partial charge >= 0.3 is 0 Å². The van der Waals surface area contributed by atoms with E-state index >= 15 is 0 Å². The molecule has 0 aliphatic carbocycles. The Hall–Kier alpha value is -0.420. The van der Waals surface area contributed by atoms with Crippen LogP contribution in [0.5, 0.6) is 0 Å². The van der Waals surface area contributed by atoms with Gasteiger partial charge in [0.05, 0.1) is 11.9 Å². The van der Waals surface area contributed by atoms with Crippen LogP contribution >= 0.6 is 0 Å². The third kappa shape index (κ3) is 4.72. The first-order valence-corrected chi connectivity index (χ1v) is 6.84. The fourth-order valence-corrected chi connectivity index (χ4v) is 2.06. The van der Waals surface area contributed by atoms with Gasteiger partial charge in [-0.3, -0.25) is 4.79 Å². The van der Waals surface area contributed by atoms with Crippen molar-refractivity contribution in [3.8, 4) is 0 Å². The van der Waals surface area contributed by atoms with Crippen LogP contribution in [-0.4, -0.2) is 38.9 Å². The van der Waals surface area contributed by atoms with Crippen LogP contribution in [0.1, 0.15) is 25.7 Å². The molecule has 0 amide bonds. The van der Waals surface area contributed by atoms with Crippen LogP contribution in [-0.2, 0) is 19.4 Å². The fourth-order valence-electron chi connectivity index (χ4n) is 1.46. The summed E-state index contributed by atoms with van der Waals surface area (Å²) in [6.07, 6.45) is 3.59. The van der Waals surface area contributed by atoms with Crippen LogP contribution in [0.15, 0.2) is 0 Å². The van der Waals surface area contributed by atoms with E-state index in [2.05, 4.69) is 0 Å². The Morgan fingerprint density at radius 2 is 2.21 bits per heavy atom. The molecule has 0 bridgehead atoms. The van der Waals surface area contributed by atoms with E-state index in [1.54, 1.807) is 0 Å². The molecule has 1 fully saturated rings. The van der Waals surface area contributed by atoms with E-state index in [0.29, 0.717) is 6.42 Å². The van der Waals surface area contributed by atoms with Gasteiger partial charge in [0.2, 0.25) is 0 Å². The van der Waals surface area contributed by atoms with Crippen molar-refractivity contribution < 1.29 is 17.9 Å². The van der Waals surface area contributed by atoms with E-state index in [9.17, 15) is 13.2 Å². The highest BCUT2D eigenvalue weighted by Crippen LogP contribution is 2.16. The van der Waals surface area contributed by atoms with Crippen molar-refractivity contribution in [3.05, 3.63) is 0 Å². The number of Topliss-reactive ketones (excluding diaryl/α,β-unsaturated/α-hetero) is 1. The van der Waals surface area contributed by atoms with Crippen LogP contribution in [0, 0.1) is 0 Å². The molecule has 0 radical (unpaired) electrons. The fraction of sp³-hybridized carbons (Fsp3) is 0.889. The van der Waals surface area contributed by atoms with Crippen molar-refractivity contribution in [2.45, 2.75) is 31.8 Å². The van der Waals surface area contributed by atoms with Crippen molar-refractivity contribution in [1.82, 2.24) is 0 Å². The first-order valence-electron chi connectivity index (χ1n) is 4.78. The lowest BCUT2D eigenvalue weighted by atomic mass is 10.1. The Labute approximate surface area is 84.6 Å². The molecule has 1 saturated heterocycles. The summed E-state index contributed by atoms with van der Waals surface area (Å²) in [6, 6.07) is 0. The molecule has 5 heteroatoms. The molecule has 82 valence electrons. The maximum absolute atomic E-state index is 11.3. The number of ketones is 1. The summed E-state index contributed by atoms with van der Waals surface area (Å²) in [5.41, 5.74) is 0. The second kappa shape index (κ2) is 4.89. The zero-order valence-corrected chi connectivity index (χ0v) is 9.18. The third-order valence-corrected chi connectivity index (χ3v) is 3.18. The highest BCUT2D eigenvalue weighted by atomic mass is 32.2. The minimum atomic E-state index is -3.01. The van der Waals surface area contributed by atoms with Crippen molar-refractivity contribution in [3.63, 3.8) is 0 Å². The number of rotatable bonds is 5. The normalized spacial score (nSPS) is 22.5. The average molecular weight is 220 g/mol. The molecule has 1 atom stereocenters. The summed E-state index contributed by atoms with van der Waals surface area (Å²) in [6.45, 7) is 0.726. The van der Waals surface area contributed by atoms with Gasteiger partial charge in [-0.05, 0) is 12.8 Å². The van der Waals surface area contributed by atoms with E-state index in [1.165, 1.54) is 0 Å². The summed E-state index contributed by atoms with van der Waals surface area (Å²) in [7, 11) is -3.01. The lowest BCUT2D eigenvalue weighted by molar-refractivity contribution is -0.120. The highest BCUT2D eigenvalue weighted by molar-refractivity contribution is 7.90. The number of sulfone groups is 1. The lowest BCUT2D eigenvalue weighted by Crippen LogP contribution is -2.15. The number of carbonyl (C=O) groups is 1. The summed E-state index contributed by atoms with van der Waals surface area (Å²) >= 11 is 0. The Balaban J connectivity index is 2.22. The zero-order valence-electron chi connectivity index (χ0n) is 8.36. The molecule has 1 heterocycles. The topological polar surface area (TPSA) is 60.4 Å². The number of carbonyl (C=O) groups excluding carboxylic acids is 1. The van der Waals surface area contributed by atoms with Crippen LogP contribution in [0.3, 0.4) is 0 Å². The molecule has 1 rings (SSSR count). The van der Waals surface area contributed by atoms with Crippen molar-refractivity contribution in [2.75, 3.05) is 18.6 Å². The van der Waals surface area contributed by atoms with E-state index in [0.717, 1.165) is 25.7 Å². The van der Waals surface area contributed by atoms with Crippen molar-refractivity contribution >= 4 is 15.6 Å². The summed E-state index contributed by atoms with van der Waals surface area (Å²) < 4.78 is 26.9. The van der Waals surface area contributed by atoms with Gasteiger partial charge in [-0.15, -0.1) is 0 Å². The Morgan fingerprint density at radius 3 is 2.71 bits per heavy atom. The predicted molar refractivity (Wildman–Crippen MR) is 52.9 cm³/mol. The van der Waals surface area contributed by atoms with Crippen molar-refractivity contribution in [2.24, 2.45) is 0 Å². The average Bonchev–Trinajstić information content (AvgIpc) is 2.52. The maximum Gasteiger partial charge on any atom is 0.147 e. The second-order valence-electron chi connectivity index (χ2n) is 3.76. The molecule has 0 N–H and O–H groups in total. The molecular formula is C9H16O4S. The number of ether oxygens (including phenoxy) is 1. The van der Waals surface area contributed by atoms with E-state index < -0.39 is 9.84 Å². The molecule has 1 aliphatic rings. The maximum atomic E-state index is 11.3. The highest BCUT2D eigenvalue weighted by Gasteiger charge is 2.19. The van der Waals surface area contributed by atoms with Gasteiger partial charge in [-0.25, -0.2) is 8.42 Å². The molecule has 1 unspecified atom stereocenters. The molecule has 4 nitrogen and oxygen atoms in total. The quantitative estimate of drug-likeness (QED) is 0.679. The molecular weight excluding hydrogens is 204 g/mol. The molecule has 1 aliphatic heterocycles. The lowest BCUT2D eigenvalue weighted by Gasteiger charge is -2.07. The van der Waals surface area contributed by atoms with Gasteiger partial charge < -0.3 is 4.74 Å². The molecule has 0 saturated carbocycles. The van der Waals surface area contributed by atoms with Crippen LogP contribution < -0.4 is 0 Å². The standard InChI is InChI=1S/C9H16O4S/c1-14(11,12)6-4-8(10)7-9-3-2-5-13-9/h9H,2-7H2,1H3. The monoisotopic (exact) mass is 220 g/mol. The van der Waals surface area contributed by atoms with Crippen LogP contribution in [0.25, 0.3) is 0 Å². The first-order chi connectivity index (χ1) is 6.47. The molecule has 0 spiro atoms. The Kier molecular flexibility index (Phi) is 4.07. The molecule has 14 heavy (non-hydrogen) atoms. The summed E-state index contributed by atoms with van der Waals surface area (Å²) in [5.74, 6) is -0.0548. The van der Waals surface area contributed by atoms with E-state index in [1.807, 2.05) is 0 Å². The van der Waals surface area contributed by atoms with Gasteiger partial charge in [0.15, 0.2) is 0 Å². The Bertz CT molecular complexity index is 288. The molecule has 0 aromatic rings. The van der Waals surface area contributed by atoms with E-state index in [-0.39, 0.29) is 24.1 Å². The SMILES string of the molecule is CS(=O)(=O)CCC(=O)CC1CCCO1.